The van der Waals surface area contributed by atoms with Gasteiger partial charge in [-0.05, 0) is 38.8 Å². The molecule has 1 rings (SSSR count). The predicted octanol–water partition coefficient (Wildman–Crippen LogP) is 5.00. The Morgan fingerprint density at radius 3 is 2.42 bits per heavy atom. The van der Waals surface area contributed by atoms with Crippen LogP contribution in [0.1, 0.15) is 52.5 Å². The Kier molecular flexibility index (Phi) is 5.82. The maximum atomic E-state index is 14.1. The number of rotatable bonds is 5. The van der Waals surface area contributed by atoms with E-state index in [4.69, 9.17) is 11.6 Å². The number of nitrogens with one attached hydrogen (secondary N) is 1. The molecule has 0 saturated carbocycles. The molecular formula is C16H25ClFN. The third-order valence-electron chi connectivity index (χ3n) is 3.55. The van der Waals surface area contributed by atoms with Gasteiger partial charge in [0.15, 0.2) is 0 Å². The highest BCUT2D eigenvalue weighted by Crippen LogP contribution is 2.33. The maximum Gasteiger partial charge on any atom is 0.128 e. The fraction of sp³-hybridized carbons (Fsp3) is 0.625. The maximum absolute atomic E-state index is 14.1. The second-order valence-electron chi connectivity index (χ2n) is 6.26. The molecule has 1 N–H and O–H groups in total. The van der Waals surface area contributed by atoms with Crippen molar-refractivity contribution >= 4 is 11.6 Å². The van der Waals surface area contributed by atoms with Crippen LogP contribution in [-0.2, 0) is 0 Å². The van der Waals surface area contributed by atoms with Crippen LogP contribution in [0.5, 0.6) is 0 Å². The van der Waals surface area contributed by atoms with E-state index in [1.165, 1.54) is 6.07 Å². The summed E-state index contributed by atoms with van der Waals surface area (Å²) in [4.78, 5) is 0. The Labute approximate surface area is 121 Å². The van der Waals surface area contributed by atoms with Crippen LogP contribution in [0.2, 0.25) is 5.02 Å². The van der Waals surface area contributed by atoms with Crippen LogP contribution < -0.4 is 5.32 Å². The van der Waals surface area contributed by atoms with Gasteiger partial charge in [0, 0.05) is 28.6 Å². The molecule has 3 heteroatoms. The highest BCUT2D eigenvalue weighted by atomic mass is 35.5. The first-order valence-electron chi connectivity index (χ1n) is 6.95. The van der Waals surface area contributed by atoms with Crippen molar-refractivity contribution in [2.45, 2.75) is 52.5 Å². The first-order valence-corrected chi connectivity index (χ1v) is 7.33. The van der Waals surface area contributed by atoms with Crippen molar-refractivity contribution in [3.8, 4) is 0 Å². The summed E-state index contributed by atoms with van der Waals surface area (Å²) in [6, 6.07) is 4.92. The molecule has 19 heavy (non-hydrogen) atoms. The average molecular weight is 286 g/mol. The molecule has 1 aromatic carbocycles. The third kappa shape index (κ3) is 4.77. The van der Waals surface area contributed by atoms with Crippen LogP contribution in [0.3, 0.4) is 0 Å². The molecule has 0 aliphatic rings. The number of hydrogen-bond donors (Lipinski definition) is 1. The molecule has 0 fully saturated rings. The average Bonchev–Trinajstić information content (AvgIpc) is 2.30. The third-order valence-corrected chi connectivity index (χ3v) is 3.88. The quantitative estimate of drug-likeness (QED) is 0.803. The number of halogens is 2. The molecule has 0 heterocycles. The largest absolute Gasteiger partial charge is 0.311 e. The van der Waals surface area contributed by atoms with Crippen LogP contribution in [0.25, 0.3) is 0 Å². The van der Waals surface area contributed by atoms with Crippen molar-refractivity contribution in [3.63, 3.8) is 0 Å². The van der Waals surface area contributed by atoms with Crippen LogP contribution >= 0.6 is 11.6 Å². The van der Waals surface area contributed by atoms with E-state index in [9.17, 15) is 4.39 Å². The molecule has 0 spiro atoms. The van der Waals surface area contributed by atoms with Crippen molar-refractivity contribution in [2.75, 3.05) is 6.54 Å². The van der Waals surface area contributed by atoms with E-state index in [1.807, 2.05) is 0 Å². The summed E-state index contributed by atoms with van der Waals surface area (Å²) >= 11 is 6.21. The van der Waals surface area contributed by atoms with Gasteiger partial charge in [-0.1, -0.05) is 37.9 Å². The van der Waals surface area contributed by atoms with Gasteiger partial charge in [0.2, 0.25) is 0 Å². The Morgan fingerprint density at radius 1 is 1.32 bits per heavy atom. The molecule has 0 aliphatic heterocycles. The summed E-state index contributed by atoms with van der Waals surface area (Å²) in [6.07, 6.45) is 1.00. The van der Waals surface area contributed by atoms with Gasteiger partial charge in [-0.3, -0.25) is 0 Å². The summed E-state index contributed by atoms with van der Waals surface area (Å²) in [5, 5.41) is 3.99. The van der Waals surface area contributed by atoms with E-state index >= 15 is 0 Å². The molecule has 1 aromatic rings. The lowest BCUT2D eigenvalue weighted by atomic mass is 9.84. The minimum Gasteiger partial charge on any atom is -0.311 e. The lowest BCUT2D eigenvalue weighted by Gasteiger charge is -2.29. The van der Waals surface area contributed by atoms with E-state index < -0.39 is 0 Å². The van der Waals surface area contributed by atoms with Crippen LogP contribution in [-0.4, -0.2) is 12.1 Å². The minimum absolute atomic E-state index is 0.0173. The Bertz CT molecular complexity index is 391. The Hall–Kier alpha value is -0.600. The highest BCUT2D eigenvalue weighted by molar-refractivity contribution is 6.31. The fourth-order valence-corrected chi connectivity index (χ4v) is 2.46. The normalized spacial score (nSPS) is 15.3. The van der Waals surface area contributed by atoms with E-state index in [-0.39, 0.29) is 17.3 Å². The van der Waals surface area contributed by atoms with Crippen molar-refractivity contribution in [1.82, 2.24) is 5.32 Å². The molecule has 2 unspecified atom stereocenters. The summed E-state index contributed by atoms with van der Waals surface area (Å²) < 4.78 is 14.1. The number of benzene rings is 1. The summed E-state index contributed by atoms with van der Waals surface area (Å²) in [6.45, 7) is 11.4. The SMILES string of the molecule is CCC(C)C(CNC(C)(C)C)c1c(F)cccc1Cl. The fourth-order valence-electron chi connectivity index (χ4n) is 2.15. The van der Waals surface area contributed by atoms with Crippen LogP contribution in [0, 0.1) is 11.7 Å². The van der Waals surface area contributed by atoms with E-state index in [0.29, 0.717) is 16.5 Å². The van der Waals surface area contributed by atoms with Gasteiger partial charge in [-0.2, -0.15) is 0 Å². The predicted molar refractivity (Wildman–Crippen MR) is 81.4 cm³/mol. The molecule has 0 bridgehead atoms. The van der Waals surface area contributed by atoms with Crippen molar-refractivity contribution in [2.24, 2.45) is 5.92 Å². The molecule has 1 nitrogen and oxygen atoms in total. The zero-order valence-electron chi connectivity index (χ0n) is 12.6. The van der Waals surface area contributed by atoms with Crippen LogP contribution in [0.15, 0.2) is 18.2 Å². The van der Waals surface area contributed by atoms with Gasteiger partial charge < -0.3 is 5.32 Å². The van der Waals surface area contributed by atoms with E-state index in [0.717, 1.165) is 13.0 Å². The zero-order valence-corrected chi connectivity index (χ0v) is 13.3. The van der Waals surface area contributed by atoms with Crippen LogP contribution in [0.4, 0.5) is 4.39 Å². The molecular weight excluding hydrogens is 261 g/mol. The van der Waals surface area contributed by atoms with Gasteiger partial charge in [0.1, 0.15) is 5.82 Å². The summed E-state index contributed by atoms with van der Waals surface area (Å²) in [5.74, 6) is 0.274. The zero-order chi connectivity index (χ0) is 14.6. The van der Waals surface area contributed by atoms with Crippen molar-refractivity contribution < 1.29 is 4.39 Å². The first-order chi connectivity index (χ1) is 8.76. The molecule has 108 valence electrons. The van der Waals surface area contributed by atoms with Gasteiger partial charge in [0.25, 0.3) is 0 Å². The smallest absolute Gasteiger partial charge is 0.128 e. The van der Waals surface area contributed by atoms with Crippen molar-refractivity contribution in [3.05, 3.63) is 34.6 Å². The van der Waals surface area contributed by atoms with Gasteiger partial charge in [-0.15, -0.1) is 0 Å². The second kappa shape index (κ2) is 6.71. The lowest BCUT2D eigenvalue weighted by Crippen LogP contribution is -2.40. The first kappa shape index (κ1) is 16.5. The monoisotopic (exact) mass is 285 g/mol. The number of hydrogen-bond acceptors (Lipinski definition) is 1. The topological polar surface area (TPSA) is 12.0 Å². The molecule has 0 aliphatic carbocycles. The van der Waals surface area contributed by atoms with Crippen molar-refractivity contribution in [1.29, 1.82) is 0 Å². The Morgan fingerprint density at radius 2 is 1.95 bits per heavy atom. The standard InChI is InChI=1S/C16H25ClFN/c1-6-11(2)12(10-19-16(3,4)5)15-13(17)8-7-9-14(15)18/h7-9,11-12,19H,6,10H2,1-5H3. The second-order valence-corrected chi connectivity index (χ2v) is 6.67. The molecule has 0 amide bonds. The van der Waals surface area contributed by atoms with E-state index in [1.54, 1.807) is 12.1 Å². The van der Waals surface area contributed by atoms with Gasteiger partial charge in [0.05, 0.1) is 0 Å². The molecule has 0 radical (unpaired) electrons. The van der Waals surface area contributed by atoms with Gasteiger partial charge >= 0.3 is 0 Å². The molecule has 0 aromatic heterocycles. The molecule has 2 atom stereocenters. The molecule has 0 saturated heterocycles. The Balaban J connectivity index is 3.03. The minimum atomic E-state index is -0.200. The highest BCUT2D eigenvalue weighted by Gasteiger charge is 2.25. The summed E-state index contributed by atoms with van der Waals surface area (Å²) in [5.41, 5.74) is 0.666. The van der Waals surface area contributed by atoms with Gasteiger partial charge in [-0.25, -0.2) is 4.39 Å². The summed E-state index contributed by atoms with van der Waals surface area (Å²) in [7, 11) is 0. The van der Waals surface area contributed by atoms with E-state index in [2.05, 4.69) is 39.9 Å². The lowest BCUT2D eigenvalue weighted by molar-refractivity contribution is 0.350.